The molecular formula is C21H24FN3O2. The molecule has 0 bridgehead atoms. The summed E-state index contributed by atoms with van der Waals surface area (Å²) in [6, 6.07) is 9.23. The standard InChI is InChI=1S/C21H24FN3O2/c22-17-9-7-15(8-10-17)14-24-21(27)19-13-16(11-12-23-19)20(26)25-18-5-3-1-2-4-6-18/h7-13,18H,1-6,14H2,(H,24,27)(H,25,26). The maximum Gasteiger partial charge on any atom is 0.270 e. The highest BCUT2D eigenvalue weighted by atomic mass is 19.1. The normalized spacial score (nSPS) is 15.0. The Balaban J connectivity index is 1.59. The number of hydrogen-bond donors (Lipinski definition) is 2. The average molecular weight is 369 g/mol. The van der Waals surface area contributed by atoms with E-state index >= 15 is 0 Å². The van der Waals surface area contributed by atoms with Gasteiger partial charge in [-0.1, -0.05) is 37.8 Å². The summed E-state index contributed by atoms with van der Waals surface area (Å²) in [6.07, 6.45) is 8.19. The second kappa shape index (κ2) is 9.26. The zero-order valence-corrected chi connectivity index (χ0v) is 15.2. The second-order valence-electron chi connectivity index (χ2n) is 6.90. The van der Waals surface area contributed by atoms with E-state index in [0.717, 1.165) is 31.2 Å². The van der Waals surface area contributed by atoms with E-state index in [4.69, 9.17) is 0 Å². The zero-order chi connectivity index (χ0) is 19.1. The molecule has 27 heavy (non-hydrogen) atoms. The number of rotatable bonds is 5. The number of carbonyl (C=O) groups is 2. The molecule has 142 valence electrons. The van der Waals surface area contributed by atoms with Crippen molar-refractivity contribution >= 4 is 11.8 Å². The molecule has 5 nitrogen and oxygen atoms in total. The number of nitrogens with zero attached hydrogens (tertiary/aromatic N) is 1. The smallest absolute Gasteiger partial charge is 0.270 e. The van der Waals surface area contributed by atoms with E-state index in [1.54, 1.807) is 18.2 Å². The quantitative estimate of drug-likeness (QED) is 0.791. The summed E-state index contributed by atoms with van der Waals surface area (Å²) < 4.78 is 12.9. The van der Waals surface area contributed by atoms with Crippen LogP contribution in [0.3, 0.4) is 0 Å². The van der Waals surface area contributed by atoms with Gasteiger partial charge in [0.2, 0.25) is 0 Å². The Morgan fingerprint density at radius 3 is 2.41 bits per heavy atom. The highest BCUT2D eigenvalue weighted by molar-refractivity contribution is 5.98. The molecule has 2 amide bonds. The van der Waals surface area contributed by atoms with E-state index in [0.29, 0.717) is 5.56 Å². The number of amides is 2. The molecule has 1 fully saturated rings. The van der Waals surface area contributed by atoms with Crippen LogP contribution in [0.15, 0.2) is 42.6 Å². The third-order valence-corrected chi connectivity index (χ3v) is 4.81. The van der Waals surface area contributed by atoms with Crippen molar-refractivity contribution in [3.8, 4) is 0 Å². The van der Waals surface area contributed by atoms with E-state index in [1.165, 1.54) is 37.2 Å². The SMILES string of the molecule is O=C(NC1CCCCCC1)c1ccnc(C(=O)NCc2ccc(F)cc2)c1. The van der Waals surface area contributed by atoms with Crippen molar-refractivity contribution in [2.75, 3.05) is 0 Å². The Bertz CT molecular complexity index is 784. The molecule has 1 aliphatic rings. The summed E-state index contributed by atoms with van der Waals surface area (Å²) in [7, 11) is 0. The van der Waals surface area contributed by atoms with Crippen molar-refractivity contribution < 1.29 is 14.0 Å². The Morgan fingerprint density at radius 1 is 1.00 bits per heavy atom. The maximum atomic E-state index is 12.9. The van der Waals surface area contributed by atoms with Gasteiger partial charge in [-0.25, -0.2) is 4.39 Å². The average Bonchev–Trinajstić information content (AvgIpc) is 2.96. The fourth-order valence-electron chi connectivity index (χ4n) is 3.26. The summed E-state index contributed by atoms with van der Waals surface area (Å²) in [5, 5.41) is 5.81. The third-order valence-electron chi connectivity index (χ3n) is 4.81. The monoisotopic (exact) mass is 369 g/mol. The molecule has 0 saturated heterocycles. The van der Waals surface area contributed by atoms with Crippen molar-refractivity contribution in [1.29, 1.82) is 0 Å². The highest BCUT2D eigenvalue weighted by Crippen LogP contribution is 2.17. The van der Waals surface area contributed by atoms with Gasteiger partial charge in [-0.2, -0.15) is 0 Å². The van der Waals surface area contributed by atoms with Crippen LogP contribution in [0.4, 0.5) is 4.39 Å². The Morgan fingerprint density at radius 2 is 1.70 bits per heavy atom. The Labute approximate surface area is 158 Å². The summed E-state index contributed by atoms with van der Waals surface area (Å²) >= 11 is 0. The van der Waals surface area contributed by atoms with Crippen LogP contribution in [-0.4, -0.2) is 22.8 Å². The molecule has 0 radical (unpaired) electrons. The van der Waals surface area contributed by atoms with Crippen LogP contribution in [0.25, 0.3) is 0 Å². The number of hydrogen-bond acceptors (Lipinski definition) is 3. The summed E-state index contributed by atoms with van der Waals surface area (Å²) in [5.41, 5.74) is 1.40. The van der Waals surface area contributed by atoms with Crippen LogP contribution in [0.1, 0.15) is 64.9 Å². The fourth-order valence-corrected chi connectivity index (χ4v) is 3.26. The molecule has 2 aromatic rings. The van der Waals surface area contributed by atoms with Gasteiger partial charge in [0.1, 0.15) is 11.5 Å². The lowest BCUT2D eigenvalue weighted by Gasteiger charge is -2.16. The van der Waals surface area contributed by atoms with E-state index < -0.39 is 0 Å². The predicted octanol–water partition coefficient (Wildman–Crippen LogP) is 3.60. The molecule has 6 heteroatoms. The molecule has 0 unspecified atom stereocenters. The Hall–Kier alpha value is -2.76. The van der Waals surface area contributed by atoms with Crippen molar-refractivity contribution in [3.05, 3.63) is 65.2 Å². The lowest BCUT2D eigenvalue weighted by Crippen LogP contribution is -2.34. The minimum absolute atomic E-state index is 0.170. The second-order valence-corrected chi connectivity index (χ2v) is 6.90. The van der Waals surface area contributed by atoms with E-state index in [1.807, 2.05) is 0 Å². The van der Waals surface area contributed by atoms with Gasteiger partial charge < -0.3 is 10.6 Å². The van der Waals surface area contributed by atoms with Crippen LogP contribution in [0.2, 0.25) is 0 Å². The molecule has 1 aromatic heterocycles. The molecule has 1 aliphatic carbocycles. The van der Waals surface area contributed by atoms with Gasteiger partial charge in [0.15, 0.2) is 0 Å². The molecule has 1 aromatic carbocycles. The van der Waals surface area contributed by atoms with E-state index in [2.05, 4.69) is 15.6 Å². The predicted molar refractivity (Wildman–Crippen MR) is 101 cm³/mol. The summed E-state index contributed by atoms with van der Waals surface area (Å²) in [4.78, 5) is 28.9. The number of carbonyl (C=O) groups excluding carboxylic acids is 2. The first-order valence-corrected chi connectivity index (χ1v) is 9.41. The topological polar surface area (TPSA) is 71.1 Å². The molecule has 0 atom stereocenters. The van der Waals surface area contributed by atoms with Crippen molar-refractivity contribution in [2.45, 2.75) is 51.1 Å². The van der Waals surface area contributed by atoms with Crippen LogP contribution < -0.4 is 10.6 Å². The first-order chi connectivity index (χ1) is 13.1. The number of nitrogens with one attached hydrogen (secondary N) is 2. The van der Waals surface area contributed by atoms with Gasteiger partial charge in [-0.3, -0.25) is 14.6 Å². The third kappa shape index (κ3) is 5.61. The molecule has 1 heterocycles. The molecule has 0 aliphatic heterocycles. The first kappa shape index (κ1) is 19.0. The van der Waals surface area contributed by atoms with Crippen molar-refractivity contribution in [1.82, 2.24) is 15.6 Å². The summed E-state index contributed by atoms with van der Waals surface area (Å²) in [5.74, 6) is -0.862. The lowest BCUT2D eigenvalue weighted by molar-refractivity contribution is 0.0933. The lowest BCUT2D eigenvalue weighted by atomic mass is 10.1. The van der Waals surface area contributed by atoms with Gasteiger partial charge in [-0.05, 0) is 42.7 Å². The van der Waals surface area contributed by atoms with Gasteiger partial charge in [0.25, 0.3) is 11.8 Å². The minimum Gasteiger partial charge on any atom is -0.349 e. The number of pyridine rings is 1. The van der Waals surface area contributed by atoms with Gasteiger partial charge in [-0.15, -0.1) is 0 Å². The van der Waals surface area contributed by atoms with Gasteiger partial charge in [0.05, 0.1) is 0 Å². The minimum atomic E-state index is -0.372. The molecule has 0 spiro atoms. The van der Waals surface area contributed by atoms with Crippen molar-refractivity contribution in [3.63, 3.8) is 0 Å². The maximum absolute atomic E-state index is 12.9. The fraction of sp³-hybridized carbons (Fsp3) is 0.381. The van der Waals surface area contributed by atoms with Crippen LogP contribution in [0, 0.1) is 5.82 Å². The number of benzene rings is 1. The van der Waals surface area contributed by atoms with Crippen LogP contribution in [0.5, 0.6) is 0 Å². The first-order valence-electron chi connectivity index (χ1n) is 9.41. The van der Waals surface area contributed by atoms with Gasteiger partial charge in [0, 0.05) is 24.3 Å². The highest BCUT2D eigenvalue weighted by Gasteiger charge is 2.17. The van der Waals surface area contributed by atoms with Gasteiger partial charge >= 0.3 is 0 Å². The van der Waals surface area contributed by atoms with Crippen molar-refractivity contribution in [2.24, 2.45) is 0 Å². The number of aromatic nitrogens is 1. The molecule has 3 rings (SSSR count). The van der Waals surface area contributed by atoms with E-state index in [9.17, 15) is 14.0 Å². The van der Waals surface area contributed by atoms with E-state index in [-0.39, 0.29) is 35.9 Å². The molecular weight excluding hydrogens is 345 g/mol. The molecule has 1 saturated carbocycles. The largest absolute Gasteiger partial charge is 0.349 e. The Kier molecular flexibility index (Phi) is 6.52. The number of halogens is 1. The summed E-state index contributed by atoms with van der Waals surface area (Å²) in [6.45, 7) is 0.263. The van der Waals surface area contributed by atoms with Crippen LogP contribution >= 0.6 is 0 Å². The molecule has 2 N–H and O–H groups in total. The zero-order valence-electron chi connectivity index (χ0n) is 15.2. The van der Waals surface area contributed by atoms with Crippen LogP contribution in [-0.2, 0) is 6.54 Å².